The number of rotatable bonds is 3. The van der Waals surface area contributed by atoms with Crippen LogP contribution in [0.25, 0.3) is 0 Å². The second kappa shape index (κ2) is 3.57. The van der Waals surface area contributed by atoms with Crippen molar-refractivity contribution >= 4 is 10.3 Å². The van der Waals surface area contributed by atoms with E-state index >= 15 is 0 Å². The van der Waals surface area contributed by atoms with E-state index in [-0.39, 0.29) is 6.61 Å². The van der Waals surface area contributed by atoms with Crippen LogP contribution in [0.4, 0.5) is 0 Å². The summed E-state index contributed by atoms with van der Waals surface area (Å²) in [6, 6.07) is 0. The highest BCUT2D eigenvalue weighted by molar-refractivity contribution is 7.84. The minimum Gasteiger partial charge on any atom is -0.261 e. The smallest absolute Gasteiger partial charge is 0.261 e. The van der Waals surface area contributed by atoms with Crippen molar-refractivity contribution in [2.45, 2.75) is 6.61 Å². The Kier molecular flexibility index (Phi) is 2.69. The van der Waals surface area contributed by atoms with Gasteiger partial charge in [-0.05, 0) is 0 Å². The van der Waals surface area contributed by atoms with Gasteiger partial charge in [-0.15, -0.1) is 0 Å². The Morgan fingerprint density at radius 1 is 1.50 bits per heavy atom. The van der Waals surface area contributed by atoms with Crippen LogP contribution in [-0.2, 0) is 21.1 Å². The van der Waals surface area contributed by atoms with E-state index in [2.05, 4.69) is 19.3 Å². The molecule has 0 fully saturated rings. The Balaban J connectivity index is 2.56. The van der Waals surface area contributed by atoms with Crippen LogP contribution in [-0.4, -0.2) is 18.4 Å². The van der Waals surface area contributed by atoms with Crippen molar-refractivity contribution < 1.29 is 12.6 Å². The average molecular weight is 189 g/mol. The van der Waals surface area contributed by atoms with E-state index in [1.165, 1.54) is 18.6 Å². The molecule has 12 heavy (non-hydrogen) atoms. The lowest BCUT2D eigenvalue weighted by atomic mass is 10.5. The number of nitrogens with zero attached hydrogens (tertiary/aromatic N) is 2. The number of hydrogen-bond acceptors (Lipinski definition) is 5. The molecule has 0 radical (unpaired) electrons. The lowest BCUT2D eigenvalue weighted by molar-refractivity contribution is 0.303. The third-order valence-corrected chi connectivity index (χ3v) is 1.43. The molecule has 0 spiro atoms. The maximum atomic E-state index is 10.3. The van der Waals surface area contributed by atoms with Gasteiger partial charge in [0.2, 0.25) is 0 Å². The molecule has 1 heterocycles. The molecular weight excluding hydrogens is 182 g/mol. The first-order valence-corrected chi connectivity index (χ1v) is 4.47. The number of nitrogens with two attached hydrogens (primary N) is 1. The van der Waals surface area contributed by atoms with Gasteiger partial charge < -0.3 is 0 Å². The molecule has 0 aliphatic heterocycles. The second-order valence-corrected chi connectivity index (χ2v) is 3.17. The van der Waals surface area contributed by atoms with Crippen molar-refractivity contribution in [3.63, 3.8) is 0 Å². The Labute approximate surface area is 69.7 Å². The summed E-state index contributed by atoms with van der Waals surface area (Å²) in [4.78, 5) is 7.48. The highest BCUT2D eigenvalue weighted by Gasteiger charge is 2.02. The van der Waals surface area contributed by atoms with Crippen LogP contribution in [0.3, 0.4) is 0 Å². The van der Waals surface area contributed by atoms with E-state index in [0.29, 0.717) is 5.69 Å². The van der Waals surface area contributed by atoms with Gasteiger partial charge in [-0.2, -0.15) is 8.42 Å². The third-order valence-electron chi connectivity index (χ3n) is 0.988. The van der Waals surface area contributed by atoms with Gasteiger partial charge in [-0.25, -0.2) is 5.14 Å². The first-order chi connectivity index (χ1) is 5.58. The Morgan fingerprint density at radius 2 is 2.25 bits per heavy atom. The number of aromatic nitrogens is 2. The lowest BCUT2D eigenvalue weighted by Crippen LogP contribution is -2.15. The fourth-order valence-electron chi connectivity index (χ4n) is 0.547. The molecule has 6 nitrogen and oxygen atoms in total. The molecule has 0 saturated carbocycles. The Bertz CT molecular complexity index is 336. The fraction of sp³-hybridized carbons (Fsp3) is 0.200. The largest absolute Gasteiger partial charge is 0.333 e. The first kappa shape index (κ1) is 9.04. The minimum absolute atomic E-state index is 0.188. The molecule has 2 N–H and O–H groups in total. The van der Waals surface area contributed by atoms with Crippen molar-refractivity contribution in [1.82, 2.24) is 9.97 Å². The van der Waals surface area contributed by atoms with Gasteiger partial charge in [0.15, 0.2) is 0 Å². The van der Waals surface area contributed by atoms with Crippen molar-refractivity contribution in [3.05, 3.63) is 24.3 Å². The van der Waals surface area contributed by atoms with Crippen LogP contribution >= 0.6 is 0 Å². The van der Waals surface area contributed by atoms with Gasteiger partial charge in [-0.1, -0.05) is 0 Å². The van der Waals surface area contributed by atoms with Crippen LogP contribution in [0.15, 0.2) is 18.6 Å². The van der Waals surface area contributed by atoms with Gasteiger partial charge in [0.25, 0.3) is 0 Å². The Hall–Kier alpha value is -1.05. The summed E-state index contributed by atoms with van der Waals surface area (Å²) in [6.07, 6.45) is 4.30. The molecular formula is C5H7N3O3S. The number of hydrogen-bond donors (Lipinski definition) is 1. The quantitative estimate of drug-likeness (QED) is 0.671. The van der Waals surface area contributed by atoms with E-state index in [4.69, 9.17) is 0 Å². The predicted octanol–water partition coefficient (Wildman–Crippen LogP) is -0.803. The molecule has 0 unspecified atom stereocenters. The van der Waals surface area contributed by atoms with Crippen LogP contribution < -0.4 is 5.14 Å². The molecule has 0 aliphatic carbocycles. The Morgan fingerprint density at radius 3 is 2.75 bits per heavy atom. The lowest BCUT2D eigenvalue weighted by Gasteiger charge is -1.98. The molecule has 0 atom stereocenters. The molecule has 0 saturated heterocycles. The molecule has 1 aromatic heterocycles. The SMILES string of the molecule is NS(=O)(=O)OCc1cnccn1. The van der Waals surface area contributed by atoms with E-state index in [0.717, 1.165) is 0 Å². The summed E-state index contributed by atoms with van der Waals surface area (Å²) >= 11 is 0. The standard InChI is InChI=1S/C5H7N3O3S/c6-12(9,10)11-4-5-3-7-1-2-8-5/h1-3H,4H2,(H2,6,9,10). The topological polar surface area (TPSA) is 95.2 Å². The summed E-state index contributed by atoms with van der Waals surface area (Å²) in [6.45, 7) is -0.188. The van der Waals surface area contributed by atoms with Crippen LogP contribution in [0.5, 0.6) is 0 Å². The maximum absolute atomic E-state index is 10.3. The van der Waals surface area contributed by atoms with E-state index in [1.54, 1.807) is 0 Å². The molecule has 1 rings (SSSR count). The maximum Gasteiger partial charge on any atom is 0.333 e. The zero-order valence-electron chi connectivity index (χ0n) is 6.04. The monoisotopic (exact) mass is 189 g/mol. The van der Waals surface area contributed by atoms with Crippen LogP contribution in [0.2, 0.25) is 0 Å². The van der Waals surface area contributed by atoms with E-state index < -0.39 is 10.3 Å². The summed E-state index contributed by atoms with van der Waals surface area (Å²) in [7, 11) is -3.89. The highest BCUT2D eigenvalue weighted by atomic mass is 32.2. The fourth-order valence-corrected chi connectivity index (χ4v) is 0.832. The van der Waals surface area contributed by atoms with Gasteiger partial charge in [0.1, 0.15) is 6.61 Å². The van der Waals surface area contributed by atoms with E-state index in [9.17, 15) is 8.42 Å². The van der Waals surface area contributed by atoms with Crippen molar-refractivity contribution in [2.24, 2.45) is 5.14 Å². The minimum atomic E-state index is -3.89. The molecule has 0 amide bonds. The molecule has 1 aromatic rings. The zero-order valence-corrected chi connectivity index (χ0v) is 6.86. The summed E-state index contributed by atoms with van der Waals surface area (Å²) in [5.41, 5.74) is 0.409. The molecule has 0 aliphatic rings. The summed E-state index contributed by atoms with van der Waals surface area (Å²) in [5, 5.41) is 4.59. The zero-order chi connectivity index (χ0) is 9.03. The van der Waals surface area contributed by atoms with Gasteiger partial charge >= 0.3 is 10.3 Å². The molecule has 0 bridgehead atoms. The average Bonchev–Trinajstić information content (AvgIpc) is 2.02. The summed E-state index contributed by atoms with van der Waals surface area (Å²) < 4.78 is 24.9. The van der Waals surface area contributed by atoms with Gasteiger partial charge in [0.05, 0.1) is 11.9 Å². The second-order valence-electron chi connectivity index (χ2n) is 1.95. The summed E-state index contributed by atoms with van der Waals surface area (Å²) in [5.74, 6) is 0. The van der Waals surface area contributed by atoms with Crippen molar-refractivity contribution in [2.75, 3.05) is 0 Å². The highest BCUT2D eigenvalue weighted by Crippen LogP contribution is 1.95. The normalized spacial score (nSPS) is 11.4. The molecule has 0 aromatic carbocycles. The van der Waals surface area contributed by atoms with Gasteiger partial charge in [-0.3, -0.25) is 14.2 Å². The van der Waals surface area contributed by atoms with Gasteiger partial charge in [0, 0.05) is 12.4 Å². The molecule has 66 valence electrons. The predicted molar refractivity (Wildman–Crippen MR) is 39.9 cm³/mol. The van der Waals surface area contributed by atoms with Crippen LogP contribution in [0, 0.1) is 0 Å². The first-order valence-electron chi connectivity index (χ1n) is 3.00. The van der Waals surface area contributed by atoms with Crippen molar-refractivity contribution in [3.8, 4) is 0 Å². The third kappa shape index (κ3) is 3.37. The van der Waals surface area contributed by atoms with Crippen LogP contribution in [0.1, 0.15) is 5.69 Å². The molecule has 7 heteroatoms. The van der Waals surface area contributed by atoms with E-state index in [1.807, 2.05) is 0 Å². The van der Waals surface area contributed by atoms with Crippen molar-refractivity contribution in [1.29, 1.82) is 0 Å².